The molecule has 3 aliphatic rings. The fourth-order valence-corrected chi connectivity index (χ4v) is 9.61. The predicted molar refractivity (Wildman–Crippen MR) is 246 cm³/mol. The number of benzene rings is 4. The van der Waals surface area contributed by atoms with Crippen LogP contribution in [0.1, 0.15) is 80.4 Å². The number of hydrogen-bond acceptors (Lipinski definition) is 10. The number of fused-ring (bicyclic) bond motifs is 6. The van der Waals surface area contributed by atoms with E-state index < -0.39 is 24.3 Å². The van der Waals surface area contributed by atoms with E-state index in [-0.39, 0.29) is 35.9 Å². The summed E-state index contributed by atoms with van der Waals surface area (Å²) in [7, 11) is 4.19. The summed E-state index contributed by atoms with van der Waals surface area (Å²) in [6.07, 6.45) is 3.05. The zero-order chi connectivity index (χ0) is 46.1. The maximum Gasteiger partial charge on any atom is 0.407 e. The van der Waals surface area contributed by atoms with Gasteiger partial charge in [-0.1, -0.05) is 61.4 Å². The van der Waals surface area contributed by atoms with Crippen LogP contribution in [0.4, 0.5) is 9.59 Å². The molecule has 4 N–H and O–H groups in total. The van der Waals surface area contributed by atoms with Crippen LogP contribution in [0.3, 0.4) is 0 Å². The molecule has 66 heavy (non-hydrogen) atoms. The van der Waals surface area contributed by atoms with E-state index in [0.717, 1.165) is 55.5 Å². The number of carbonyl (C=O) groups excluding carboxylic acids is 4. The first kappa shape index (κ1) is 43.9. The smallest absolute Gasteiger partial charge is 0.407 e. The van der Waals surface area contributed by atoms with Crippen molar-refractivity contribution in [1.82, 2.24) is 40.4 Å². The summed E-state index contributed by atoms with van der Waals surface area (Å²) in [5.74, 6) is 7.98. The van der Waals surface area contributed by atoms with Crippen molar-refractivity contribution in [3.8, 4) is 40.0 Å². The molecule has 4 amide bonds. The van der Waals surface area contributed by atoms with Crippen molar-refractivity contribution in [3.63, 3.8) is 0 Å². The maximum absolute atomic E-state index is 14.3. The van der Waals surface area contributed by atoms with E-state index in [1.165, 1.54) is 14.2 Å². The quantitative estimate of drug-likeness (QED) is 0.100. The van der Waals surface area contributed by atoms with Crippen LogP contribution in [0.15, 0.2) is 79.0 Å². The average Bonchev–Trinajstić information content (AvgIpc) is 4.17. The molecule has 6 atom stereocenters. The summed E-state index contributed by atoms with van der Waals surface area (Å²) in [6.45, 7) is 4.87. The molecule has 5 heterocycles. The van der Waals surface area contributed by atoms with E-state index in [1.807, 2.05) is 49.4 Å². The number of amides is 4. The number of nitrogens with zero attached hydrogens (tertiary/aromatic N) is 4. The number of ether oxygens (including phenoxy) is 4. The van der Waals surface area contributed by atoms with Gasteiger partial charge in [-0.3, -0.25) is 9.59 Å². The van der Waals surface area contributed by atoms with E-state index in [4.69, 9.17) is 28.9 Å². The van der Waals surface area contributed by atoms with Gasteiger partial charge in [0.25, 0.3) is 5.91 Å². The number of alkyl carbamates (subject to hydrolysis) is 2. The average molecular weight is 893 g/mol. The molecule has 9 rings (SSSR count). The van der Waals surface area contributed by atoms with Crippen molar-refractivity contribution in [2.24, 2.45) is 5.92 Å². The highest BCUT2D eigenvalue weighted by atomic mass is 16.5. The van der Waals surface area contributed by atoms with Gasteiger partial charge in [0.2, 0.25) is 5.91 Å². The summed E-state index contributed by atoms with van der Waals surface area (Å²) in [5, 5.41) is 7.25. The first-order chi connectivity index (χ1) is 32.1. The summed E-state index contributed by atoms with van der Waals surface area (Å²) < 4.78 is 21.6. The molecule has 6 aromatic rings. The van der Waals surface area contributed by atoms with Gasteiger partial charge < -0.3 is 49.3 Å². The lowest BCUT2D eigenvalue weighted by Crippen LogP contribution is -2.49. The summed E-state index contributed by atoms with van der Waals surface area (Å²) in [4.78, 5) is 73.1. The Morgan fingerprint density at radius 2 is 1.70 bits per heavy atom. The lowest BCUT2D eigenvalue weighted by Gasteiger charge is -2.29. The number of likely N-dealkylation sites (tertiary alicyclic amines) is 2. The lowest BCUT2D eigenvalue weighted by atomic mass is 9.92. The number of aromatic amines is 2. The molecule has 0 spiro atoms. The predicted octanol–water partition coefficient (Wildman–Crippen LogP) is 7.49. The zero-order valence-corrected chi connectivity index (χ0v) is 37.5. The van der Waals surface area contributed by atoms with Crippen LogP contribution in [0.5, 0.6) is 5.75 Å². The first-order valence-electron chi connectivity index (χ1n) is 22.2. The second kappa shape index (κ2) is 18.6. The minimum atomic E-state index is -0.951. The van der Waals surface area contributed by atoms with E-state index in [1.54, 1.807) is 30.0 Å². The molecule has 16 nitrogen and oxygen atoms in total. The third-order valence-electron chi connectivity index (χ3n) is 12.8. The fraction of sp³-hybridized carbons (Fsp3) is 0.360. The molecule has 4 aromatic carbocycles. The van der Waals surface area contributed by atoms with Gasteiger partial charge in [-0.05, 0) is 78.1 Å². The second-order valence-electron chi connectivity index (χ2n) is 16.9. The highest BCUT2D eigenvalue weighted by Crippen LogP contribution is 2.44. The molecular weight excluding hydrogens is 841 g/mol. The number of rotatable bonds is 10. The van der Waals surface area contributed by atoms with Gasteiger partial charge in [0.1, 0.15) is 36.1 Å². The number of imidazole rings is 2. The van der Waals surface area contributed by atoms with Gasteiger partial charge in [0.15, 0.2) is 0 Å². The molecule has 2 aromatic heterocycles. The standard InChI is InChI=1S/C50H52N8O8/c1-6-7-13-34-16-19-40(58(34)47(59)28(2)52-49(61)64-4)46-53-38-18-15-31-22-37-35-17-14-32(21-33(35)27-66-42(37)23-36(31)44(38)55-46)39-24-51-45(54-39)41-20-29(26-63-3)25-57(41)48(60)43(56-50(62)65-5)30-11-9-8-10-12-30/h8-12,14-15,17-18,21-24,28-29,34,40-41,43H,6,16,19-20,25-27H2,1-5H3,(H,51,54)(H,52,61)(H,53,55)(H,56,62)/t28-,29-,34-,40-,41-,43+/m0/s1. The minimum absolute atomic E-state index is 0.0640. The summed E-state index contributed by atoms with van der Waals surface area (Å²) >= 11 is 0. The largest absolute Gasteiger partial charge is 0.488 e. The van der Waals surface area contributed by atoms with Crippen LogP contribution in [0.2, 0.25) is 0 Å². The van der Waals surface area contributed by atoms with Crippen LogP contribution in [-0.4, -0.2) is 100 Å². The SMILES string of the molecule is CCC#C[C@H]1CC[C@@H](c2nc3c(ccc4cc5c(cc43)OCc3cc(-c4cnc([C@@H]6C[C@H](COC)CN6C(=O)[C@H](NC(=O)OC)c6ccccc6)[nH]4)ccc3-5)[nH]2)N1C(=O)[C@H](C)NC(=O)OC. The van der Waals surface area contributed by atoms with Crippen LogP contribution in [-0.2, 0) is 30.4 Å². The van der Waals surface area contributed by atoms with Crippen molar-refractivity contribution in [2.75, 3.05) is 34.5 Å². The molecule has 3 aliphatic heterocycles. The second-order valence-corrected chi connectivity index (χ2v) is 16.9. The molecule has 0 saturated carbocycles. The Balaban J connectivity index is 0.980. The fourth-order valence-electron chi connectivity index (χ4n) is 9.61. The van der Waals surface area contributed by atoms with Crippen molar-refractivity contribution >= 4 is 45.8 Å². The third kappa shape index (κ3) is 8.37. The van der Waals surface area contributed by atoms with Crippen LogP contribution >= 0.6 is 0 Å². The molecule has 16 heteroatoms. The number of aromatic nitrogens is 4. The normalized spacial score (nSPS) is 19.5. The minimum Gasteiger partial charge on any atom is -0.488 e. The molecule has 0 radical (unpaired) electrons. The number of H-pyrrole nitrogens is 2. The Hall–Kier alpha value is -7.38. The monoisotopic (exact) mass is 892 g/mol. The highest BCUT2D eigenvalue weighted by Gasteiger charge is 2.42. The topological polar surface area (TPSA) is 193 Å². The van der Waals surface area contributed by atoms with Crippen molar-refractivity contribution in [3.05, 3.63) is 102 Å². The van der Waals surface area contributed by atoms with Gasteiger partial charge in [-0.15, -0.1) is 5.92 Å². The van der Waals surface area contributed by atoms with Gasteiger partial charge >= 0.3 is 12.2 Å². The highest BCUT2D eigenvalue weighted by molar-refractivity contribution is 6.07. The molecule has 0 unspecified atom stereocenters. The van der Waals surface area contributed by atoms with Gasteiger partial charge in [-0.25, -0.2) is 19.6 Å². The van der Waals surface area contributed by atoms with Gasteiger partial charge in [0.05, 0.1) is 61.9 Å². The van der Waals surface area contributed by atoms with Crippen LogP contribution in [0.25, 0.3) is 44.2 Å². The molecule has 340 valence electrons. The Morgan fingerprint density at radius 1 is 0.894 bits per heavy atom. The van der Waals surface area contributed by atoms with E-state index in [9.17, 15) is 19.2 Å². The van der Waals surface area contributed by atoms with Crippen molar-refractivity contribution in [1.29, 1.82) is 0 Å². The van der Waals surface area contributed by atoms with E-state index in [2.05, 4.69) is 62.8 Å². The van der Waals surface area contributed by atoms with Crippen LogP contribution < -0.4 is 15.4 Å². The molecule has 2 fully saturated rings. The molecular formula is C50H52N8O8. The van der Waals surface area contributed by atoms with E-state index >= 15 is 0 Å². The Kier molecular flexibility index (Phi) is 12.4. The van der Waals surface area contributed by atoms with Gasteiger partial charge in [0, 0.05) is 36.9 Å². The Morgan fingerprint density at radius 3 is 2.47 bits per heavy atom. The number of methoxy groups -OCH3 is 3. The lowest BCUT2D eigenvalue weighted by molar-refractivity contribution is -0.135. The molecule has 0 aliphatic carbocycles. The van der Waals surface area contributed by atoms with Crippen molar-refractivity contribution in [2.45, 2.75) is 76.3 Å². The molecule has 2 saturated heterocycles. The van der Waals surface area contributed by atoms with E-state index in [0.29, 0.717) is 62.7 Å². The molecule has 0 bridgehead atoms. The summed E-state index contributed by atoms with van der Waals surface area (Å²) in [6, 6.07) is 20.8. The van der Waals surface area contributed by atoms with Gasteiger partial charge in [-0.2, -0.15) is 0 Å². The summed E-state index contributed by atoms with van der Waals surface area (Å²) in [5.41, 5.74) is 7.00. The zero-order valence-electron chi connectivity index (χ0n) is 37.5. The Labute approximate surface area is 381 Å². The Bertz CT molecular complexity index is 2880. The number of carbonyl (C=O) groups is 4. The number of nitrogens with one attached hydrogen (secondary N) is 4. The maximum atomic E-state index is 14.3. The van der Waals surface area contributed by atoms with Crippen molar-refractivity contribution < 1.29 is 38.1 Å². The number of hydrogen-bond donors (Lipinski definition) is 4. The third-order valence-corrected chi connectivity index (χ3v) is 12.8. The van der Waals surface area contributed by atoms with Crippen LogP contribution in [0, 0.1) is 17.8 Å². The first-order valence-corrected chi connectivity index (χ1v) is 22.2.